The molecule has 0 aromatic carbocycles. The van der Waals surface area contributed by atoms with Crippen LogP contribution in [0.4, 0.5) is 5.69 Å². The summed E-state index contributed by atoms with van der Waals surface area (Å²) in [5.74, 6) is -1.71. The quantitative estimate of drug-likeness (QED) is 0.354. The van der Waals surface area contributed by atoms with Gasteiger partial charge < -0.3 is 20.9 Å². The van der Waals surface area contributed by atoms with Crippen LogP contribution < -0.4 is 11.1 Å². The molecule has 0 unspecified atom stereocenters. The van der Waals surface area contributed by atoms with Crippen LogP contribution in [0, 0.1) is 0 Å². The number of nitrogens with two attached hydrogens (primary N) is 1. The molecule has 1 fully saturated rings. The maximum absolute atomic E-state index is 12.9. The van der Waals surface area contributed by atoms with Crippen molar-refractivity contribution in [3.05, 3.63) is 48.2 Å². The highest BCUT2D eigenvalue weighted by Gasteiger charge is 2.23. The first kappa shape index (κ1) is 24.6. The normalized spacial score (nSPS) is 14.2. The number of nitrogens with one attached hydrogen (secondary N) is 1. The van der Waals surface area contributed by atoms with Crippen molar-refractivity contribution in [1.29, 1.82) is 0 Å². The molecular weight excluding hydrogens is 450 g/mol. The van der Waals surface area contributed by atoms with Crippen LogP contribution in [-0.2, 0) is 11.3 Å². The summed E-state index contributed by atoms with van der Waals surface area (Å²) in [6.07, 6.45) is 10.9. The molecule has 3 aromatic heterocycles. The standard InChI is InChI=1S/C24H31N7O4/c25-10-3-1-2-4-11-30-15-17(14-26-30)19-6-5-7-20(27-19)23(32)28-21-16-31(29-22(21)24(33)34)18-8-12-35-13-9-18/h5-7,14-16,18H,1-4,8-13,25H2,(H,28,32)(H,33,34). The predicted molar refractivity (Wildman–Crippen MR) is 129 cm³/mol. The zero-order chi connectivity index (χ0) is 24.6. The van der Waals surface area contributed by atoms with E-state index in [9.17, 15) is 14.7 Å². The van der Waals surface area contributed by atoms with Crippen molar-refractivity contribution >= 4 is 17.6 Å². The van der Waals surface area contributed by atoms with Crippen LogP contribution in [0.1, 0.15) is 65.5 Å². The third kappa shape index (κ3) is 6.31. The number of carboxylic acids is 1. The summed E-state index contributed by atoms with van der Waals surface area (Å²) in [7, 11) is 0. The van der Waals surface area contributed by atoms with E-state index < -0.39 is 11.9 Å². The Morgan fingerprint density at radius 2 is 1.94 bits per heavy atom. The van der Waals surface area contributed by atoms with Gasteiger partial charge in [0, 0.05) is 37.7 Å². The van der Waals surface area contributed by atoms with Crippen LogP contribution in [0.3, 0.4) is 0 Å². The number of ether oxygens (including phenoxy) is 1. The molecule has 1 saturated heterocycles. The zero-order valence-corrected chi connectivity index (χ0v) is 19.6. The molecule has 4 heterocycles. The largest absolute Gasteiger partial charge is 0.476 e. The summed E-state index contributed by atoms with van der Waals surface area (Å²) in [6.45, 7) is 2.71. The van der Waals surface area contributed by atoms with E-state index in [0.29, 0.717) is 18.9 Å². The molecular formula is C24H31N7O4. The highest BCUT2D eigenvalue weighted by atomic mass is 16.5. The number of aromatic carboxylic acids is 1. The fourth-order valence-electron chi connectivity index (χ4n) is 4.08. The van der Waals surface area contributed by atoms with Crippen LogP contribution in [0.5, 0.6) is 0 Å². The van der Waals surface area contributed by atoms with E-state index in [1.165, 1.54) is 0 Å². The minimum absolute atomic E-state index is 0.0335. The van der Waals surface area contributed by atoms with E-state index in [-0.39, 0.29) is 23.1 Å². The maximum atomic E-state index is 12.9. The fraction of sp³-hybridized carbons (Fsp3) is 0.458. The minimum atomic E-state index is -1.21. The molecule has 1 aliphatic heterocycles. The lowest BCUT2D eigenvalue weighted by Gasteiger charge is -2.22. The Morgan fingerprint density at radius 1 is 1.14 bits per heavy atom. The van der Waals surface area contributed by atoms with E-state index in [2.05, 4.69) is 20.5 Å². The molecule has 0 atom stereocenters. The van der Waals surface area contributed by atoms with E-state index in [4.69, 9.17) is 10.5 Å². The topological polar surface area (TPSA) is 150 Å². The number of unbranched alkanes of at least 4 members (excludes halogenated alkanes) is 3. The van der Waals surface area contributed by atoms with Crippen LogP contribution >= 0.6 is 0 Å². The van der Waals surface area contributed by atoms with E-state index in [0.717, 1.165) is 57.2 Å². The number of anilines is 1. The first-order valence-corrected chi connectivity index (χ1v) is 12.0. The summed E-state index contributed by atoms with van der Waals surface area (Å²) in [6, 6.07) is 5.17. The van der Waals surface area contributed by atoms with Gasteiger partial charge in [0.05, 0.1) is 23.6 Å². The summed E-state index contributed by atoms with van der Waals surface area (Å²) >= 11 is 0. The Balaban J connectivity index is 1.44. The van der Waals surface area contributed by atoms with Crippen molar-refractivity contribution in [3.63, 3.8) is 0 Å². The SMILES string of the molecule is NCCCCCCn1cc(-c2cccc(C(=O)Nc3cn(C4CCOCC4)nc3C(=O)O)n2)cn1. The van der Waals surface area contributed by atoms with Gasteiger partial charge in [0.2, 0.25) is 0 Å². The van der Waals surface area contributed by atoms with Crippen molar-refractivity contribution in [3.8, 4) is 11.3 Å². The van der Waals surface area contributed by atoms with Crippen LogP contribution in [0.15, 0.2) is 36.8 Å². The lowest BCUT2D eigenvalue weighted by Crippen LogP contribution is -2.20. The molecule has 4 rings (SSSR count). The second-order valence-corrected chi connectivity index (χ2v) is 8.58. The Kier molecular flexibility index (Phi) is 8.22. The number of aryl methyl sites for hydroxylation is 1. The molecule has 4 N–H and O–H groups in total. The molecule has 11 nitrogen and oxygen atoms in total. The second kappa shape index (κ2) is 11.7. The maximum Gasteiger partial charge on any atom is 0.358 e. The molecule has 1 amide bonds. The molecule has 0 radical (unpaired) electrons. The number of pyridine rings is 1. The summed E-state index contributed by atoms with van der Waals surface area (Å²) in [5, 5.41) is 20.8. The van der Waals surface area contributed by atoms with Gasteiger partial charge in [-0.1, -0.05) is 18.9 Å². The average Bonchev–Trinajstić information content (AvgIpc) is 3.52. The van der Waals surface area contributed by atoms with Crippen LogP contribution in [0.25, 0.3) is 11.3 Å². The van der Waals surface area contributed by atoms with Crippen molar-refractivity contribution in [2.45, 2.75) is 51.1 Å². The number of hydrogen-bond donors (Lipinski definition) is 3. The van der Waals surface area contributed by atoms with Gasteiger partial charge in [-0.25, -0.2) is 9.78 Å². The Bertz CT molecular complexity index is 1150. The van der Waals surface area contributed by atoms with Gasteiger partial charge in [0.15, 0.2) is 5.69 Å². The van der Waals surface area contributed by atoms with Crippen molar-refractivity contribution in [2.24, 2.45) is 5.73 Å². The molecule has 0 spiro atoms. The predicted octanol–water partition coefficient (Wildman–Crippen LogP) is 2.96. The summed E-state index contributed by atoms with van der Waals surface area (Å²) in [4.78, 5) is 29.1. The molecule has 11 heteroatoms. The highest BCUT2D eigenvalue weighted by molar-refractivity contribution is 6.06. The van der Waals surface area contributed by atoms with Gasteiger partial charge in [-0.3, -0.25) is 14.2 Å². The van der Waals surface area contributed by atoms with Gasteiger partial charge in [0.25, 0.3) is 5.91 Å². The average molecular weight is 482 g/mol. The molecule has 0 saturated carbocycles. The summed E-state index contributed by atoms with van der Waals surface area (Å²) < 4.78 is 8.84. The lowest BCUT2D eigenvalue weighted by atomic mass is 10.1. The van der Waals surface area contributed by atoms with E-state index >= 15 is 0 Å². The first-order chi connectivity index (χ1) is 17.0. The minimum Gasteiger partial charge on any atom is -0.476 e. The van der Waals surface area contributed by atoms with Gasteiger partial charge in [0.1, 0.15) is 5.69 Å². The van der Waals surface area contributed by atoms with Gasteiger partial charge in [-0.05, 0) is 44.4 Å². The Labute approximate surface area is 203 Å². The third-order valence-electron chi connectivity index (χ3n) is 6.00. The lowest BCUT2D eigenvalue weighted by molar-refractivity contribution is 0.0645. The molecule has 186 valence electrons. The van der Waals surface area contributed by atoms with Gasteiger partial charge in [-0.15, -0.1) is 0 Å². The van der Waals surface area contributed by atoms with Gasteiger partial charge >= 0.3 is 5.97 Å². The number of carbonyl (C=O) groups excluding carboxylic acids is 1. The van der Waals surface area contributed by atoms with Crippen molar-refractivity contribution in [1.82, 2.24) is 24.5 Å². The van der Waals surface area contributed by atoms with E-state index in [1.54, 1.807) is 29.2 Å². The van der Waals surface area contributed by atoms with Crippen LogP contribution in [0.2, 0.25) is 0 Å². The molecule has 1 aliphatic rings. The number of hydrogen-bond acceptors (Lipinski definition) is 7. The monoisotopic (exact) mass is 481 g/mol. The third-order valence-corrected chi connectivity index (χ3v) is 6.00. The number of nitrogens with zero attached hydrogens (tertiary/aromatic N) is 5. The molecule has 35 heavy (non-hydrogen) atoms. The number of carbonyl (C=O) groups is 2. The molecule has 0 bridgehead atoms. The molecule has 0 aliphatic carbocycles. The summed E-state index contributed by atoms with van der Waals surface area (Å²) in [5.41, 5.74) is 7.07. The second-order valence-electron chi connectivity index (χ2n) is 8.58. The molecule has 3 aromatic rings. The number of aromatic nitrogens is 5. The smallest absolute Gasteiger partial charge is 0.358 e. The van der Waals surface area contributed by atoms with Crippen molar-refractivity contribution in [2.75, 3.05) is 25.1 Å². The number of amides is 1. The zero-order valence-electron chi connectivity index (χ0n) is 19.6. The van der Waals surface area contributed by atoms with E-state index in [1.807, 2.05) is 16.9 Å². The fourth-order valence-corrected chi connectivity index (χ4v) is 4.08. The van der Waals surface area contributed by atoms with Gasteiger partial charge in [-0.2, -0.15) is 10.2 Å². The number of carboxylic acid groups (broad SMARTS) is 1. The Hall–Kier alpha value is -3.57. The highest BCUT2D eigenvalue weighted by Crippen LogP contribution is 2.25. The Morgan fingerprint density at radius 3 is 2.71 bits per heavy atom. The van der Waals surface area contributed by atoms with Crippen molar-refractivity contribution < 1.29 is 19.4 Å². The van der Waals surface area contributed by atoms with Crippen LogP contribution in [-0.4, -0.2) is 61.3 Å². The first-order valence-electron chi connectivity index (χ1n) is 12.0. The number of rotatable bonds is 11.